The van der Waals surface area contributed by atoms with Gasteiger partial charge in [-0.25, -0.2) is 9.97 Å². The van der Waals surface area contributed by atoms with E-state index in [1.165, 1.54) is 12.8 Å². The van der Waals surface area contributed by atoms with Gasteiger partial charge < -0.3 is 4.74 Å². The Morgan fingerprint density at radius 2 is 1.56 bits per heavy atom. The lowest BCUT2D eigenvalue weighted by molar-refractivity contribution is -0.0351. The minimum absolute atomic E-state index is 0.339. The number of ether oxygens (including phenoxy) is 1. The van der Waals surface area contributed by atoms with E-state index in [0.717, 1.165) is 25.7 Å². The van der Waals surface area contributed by atoms with E-state index in [1.807, 2.05) is 0 Å². The van der Waals surface area contributed by atoms with E-state index in [4.69, 9.17) is 27.9 Å². The van der Waals surface area contributed by atoms with Crippen LogP contribution in [-0.2, 0) is 10.3 Å². The number of methoxy groups -OCH3 is 1. The summed E-state index contributed by atoms with van der Waals surface area (Å²) < 4.78 is 6.27. The number of hydrogen-bond donors (Lipinski definition) is 0. The Hall–Kier alpha value is 0.1000. The van der Waals surface area contributed by atoms with Gasteiger partial charge in [0.15, 0.2) is 5.82 Å². The van der Waals surface area contributed by atoms with E-state index < -0.39 is 5.60 Å². The summed E-state index contributed by atoms with van der Waals surface area (Å²) in [5, 5.41) is 0.677. The molecule has 1 saturated carbocycles. The Bertz CT molecular complexity index is 411. The number of aromatic nitrogens is 2. The van der Waals surface area contributed by atoms with Crippen LogP contribution in [-0.4, -0.2) is 17.1 Å². The molecule has 0 aromatic carbocycles. The first kappa shape index (κ1) is 14.5. The van der Waals surface area contributed by atoms with E-state index in [-0.39, 0.29) is 0 Å². The topological polar surface area (TPSA) is 35.0 Å². The third-order valence-corrected chi connectivity index (χ3v) is 5.23. The van der Waals surface area contributed by atoms with Crippen LogP contribution >= 0.6 is 39.1 Å². The van der Waals surface area contributed by atoms with Crippen molar-refractivity contribution >= 4 is 39.1 Å². The van der Waals surface area contributed by atoms with Gasteiger partial charge >= 0.3 is 0 Å². The molecule has 1 aromatic rings. The van der Waals surface area contributed by atoms with E-state index in [0.29, 0.717) is 20.6 Å². The standard InChI is InChI=1S/C12H15BrCl2N2O/c1-18-12(6-4-2-3-5-7-12)11-16-9(14)8(13)10(15)17-11/h2-7H2,1H3. The first-order valence-electron chi connectivity index (χ1n) is 6.03. The fourth-order valence-electron chi connectivity index (χ4n) is 2.42. The number of nitrogens with zero attached hydrogens (tertiary/aromatic N) is 2. The van der Waals surface area contributed by atoms with Gasteiger partial charge in [-0.05, 0) is 28.8 Å². The Kier molecular flexibility index (Phi) is 4.86. The van der Waals surface area contributed by atoms with Crippen molar-refractivity contribution in [2.24, 2.45) is 0 Å². The minimum atomic E-state index is -0.440. The summed E-state index contributed by atoms with van der Waals surface area (Å²) in [4.78, 5) is 8.68. The normalized spacial score (nSPS) is 19.6. The van der Waals surface area contributed by atoms with Crippen LogP contribution in [0.2, 0.25) is 10.3 Å². The number of halogens is 3. The molecule has 6 heteroatoms. The maximum atomic E-state index is 6.06. The first-order valence-corrected chi connectivity index (χ1v) is 7.58. The van der Waals surface area contributed by atoms with Crippen LogP contribution in [0.15, 0.2) is 4.47 Å². The molecule has 0 N–H and O–H groups in total. The van der Waals surface area contributed by atoms with Crippen molar-refractivity contribution in [2.45, 2.75) is 44.1 Å². The molecule has 1 aromatic heterocycles. The van der Waals surface area contributed by atoms with E-state index in [2.05, 4.69) is 25.9 Å². The molecule has 0 radical (unpaired) electrons. The van der Waals surface area contributed by atoms with Gasteiger partial charge in [-0.15, -0.1) is 0 Å². The summed E-state index contributed by atoms with van der Waals surface area (Å²) in [7, 11) is 1.71. The van der Waals surface area contributed by atoms with Crippen LogP contribution in [0.4, 0.5) is 0 Å². The molecule has 0 bridgehead atoms. The molecular formula is C12H15BrCl2N2O. The Labute approximate surface area is 125 Å². The molecule has 0 spiro atoms. The van der Waals surface area contributed by atoms with Gasteiger partial charge in [0.05, 0.1) is 4.47 Å². The molecule has 0 saturated heterocycles. The summed E-state index contributed by atoms with van der Waals surface area (Å²) in [5.41, 5.74) is -0.440. The minimum Gasteiger partial charge on any atom is -0.370 e. The molecule has 1 aliphatic rings. The highest BCUT2D eigenvalue weighted by molar-refractivity contribution is 9.10. The van der Waals surface area contributed by atoms with Gasteiger partial charge in [-0.3, -0.25) is 0 Å². The van der Waals surface area contributed by atoms with Crippen molar-refractivity contribution in [2.75, 3.05) is 7.11 Å². The zero-order valence-electron chi connectivity index (χ0n) is 10.2. The summed E-state index contributed by atoms with van der Waals surface area (Å²) in [5.74, 6) is 0.602. The molecule has 100 valence electrons. The molecule has 18 heavy (non-hydrogen) atoms. The smallest absolute Gasteiger partial charge is 0.163 e. The molecule has 0 atom stereocenters. The predicted octanol–water partition coefficient (Wildman–Crippen LogP) is 4.74. The highest BCUT2D eigenvalue weighted by Crippen LogP contribution is 2.39. The van der Waals surface area contributed by atoms with E-state index in [9.17, 15) is 0 Å². The second kappa shape index (κ2) is 6.04. The Balaban J connectivity index is 2.43. The van der Waals surface area contributed by atoms with Crippen LogP contribution in [0.3, 0.4) is 0 Å². The maximum Gasteiger partial charge on any atom is 0.163 e. The SMILES string of the molecule is COC1(c2nc(Cl)c(Br)c(Cl)n2)CCCCCC1. The second-order valence-corrected chi connectivity index (χ2v) is 6.06. The van der Waals surface area contributed by atoms with Gasteiger partial charge in [0.1, 0.15) is 15.9 Å². The lowest BCUT2D eigenvalue weighted by Gasteiger charge is -2.29. The Morgan fingerprint density at radius 3 is 2.00 bits per heavy atom. The van der Waals surface area contributed by atoms with Crippen LogP contribution in [0.5, 0.6) is 0 Å². The second-order valence-electron chi connectivity index (χ2n) is 4.56. The summed E-state index contributed by atoms with van der Waals surface area (Å²) in [6, 6.07) is 0. The van der Waals surface area contributed by atoms with Crippen molar-refractivity contribution in [1.29, 1.82) is 0 Å². The van der Waals surface area contributed by atoms with Gasteiger partial charge in [0, 0.05) is 7.11 Å². The molecule has 0 amide bonds. The molecule has 3 nitrogen and oxygen atoms in total. The average molecular weight is 354 g/mol. The zero-order chi connectivity index (χ0) is 13.2. The summed E-state index contributed by atoms with van der Waals surface area (Å²) >= 11 is 15.4. The van der Waals surface area contributed by atoms with Gasteiger partial charge in [-0.2, -0.15) is 0 Å². The van der Waals surface area contributed by atoms with E-state index >= 15 is 0 Å². The van der Waals surface area contributed by atoms with Crippen molar-refractivity contribution in [1.82, 2.24) is 9.97 Å². The van der Waals surface area contributed by atoms with Crippen molar-refractivity contribution in [3.05, 3.63) is 20.6 Å². The van der Waals surface area contributed by atoms with Crippen LogP contribution in [0.1, 0.15) is 44.3 Å². The van der Waals surface area contributed by atoms with Gasteiger partial charge in [0.25, 0.3) is 0 Å². The summed E-state index contributed by atoms with van der Waals surface area (Å²) in [6.07, 6.45) is 6.51. The van der Waals surface area contributed by atoms with Crippen molar-refractivity contribution < 1.29 is 4.74 Å². The van der Waals surface area contributed by atoms with E-state index in [1.54, 1.807) is 7.11 Å². The molecule has 0 aliphatic heterocycles. The average Bonchev–Trinajstić information content (AvgIpc) is 2.61. The first-order chi connectivity index (χ1) is 8.59. The monoisotopic (exact) mass is 352 g/mol. The third kappa shape index (κ3) is 2.82. The molecular weight excluding hydrogens is 339 g/mol. The lowest BCUT2D eigenvalue weighted by Crippen LogP contribution is -2.30. The molecule has 1 fully saturated rings. The van der Waals surface area contributed by atoms with Gasteiger partial charge in [-0.1, -0.05) is 48.9 Å². The van der Waals surface area contributed by atoms with Crippen LogP contribution < -0.4 is 0 Å². The number of rotatable bonds is 2. The van der Waals surface area contributed by atoms with Crippen LogP contribution in [0, 0.1) is 0 Å². The molecule has 1 aliphatic carbocycles. The largest absolute Gasteiger partial charge is 0.370 e. The van der Waals surface area contributed by atoms with Gasteiger partial charge in [0.2, 0.25) is 0 Å². The quantitative estimate of drug-likeness (QED) is 0.568. The highest BCUT2D eigenvalue weighted by atomic mass is 79.9. The lowest BCUT2D eigenvalue weighted by atomic mass is 9.93. The fraction of sp³-hybridized carbons (Fsp3) is 0.667. The molecule has 1 heterocycles. The maximum absolute atomic E-state index is 6.06. The summed E-state index contributed by atoms with van der Waals surface area (Å²) in [6.45, 7) is 0. The third-order valence-electron chi connectivity index (χ3n) is 3.48. The predicted molar refractivity (Wildman–Crippen MR) is 76.1 cm³/mol. The Morgan fingerprint density at radius 1 is 1.06 bits per heavy atom. The fourth-order valence-corrected chi connectivity index (χ4v) is 2.98. The van der Waals surface area contributed by atoms with Crippen molar-refractivity contribution in [3.8, 4) is 0 Å². The van der Waals surface area contributed by atoms with Crippen molar-refractivity contribution in [3.63, 3.8) is 0 Å². The molecule has 0 unspecified atom stereocenters. The van der Waals surface area contributed by atoms with Crippen LogP contribution in [0.25, 0.3) is 0 Å². The molecule has 2 rings (SSSR count). The highest BCUT2D eigenvalue weighted by Gasteiger charge is 2.36. The zero-order valence-corrected chi connectivity index (χ0v) is 13.3. The number of hydrogen-bond acceptors (Lipinski definition) is 3.